The third-order valence-electron chi connectivity index (χ3n) is 2.22. The zero-order valence-electron chi connectivity index (χ0n) is 10.3. The van der Waals surface area contributed by atoms with E-state index in [1.807, 2.05) is 6.92 Å². The second kappa shape index (κ2) is 8.33. The van der Waals surface area contributed by atoms with Gasteiger partial charge in [0.2, 0.25) is 0 Å². The van der Waals surface area contributed by atoms with E-state index in [4.69, 9.17) is 4.74 Å². The number of rotatable bonds is 8. The van der Waals surface area contributed by atoms with E-state index in [1.165, 1.54) is 0 Å². The van der Waals surface area contributed by atoms with Crippen molar-refractivity contribution in [3.05, 3.63) is 0 Å². The summed E-state index contributed by atoms with van der Waals surface area (Å²) >= 11 is 0. The Balaban J connectivity index is 3.47. The third-order valence-corrected chi connectivity index (χ3v) is 2.22. The highest BCUT2D eigenvalue weighted by Gasteiger charge is 2.26. The summed E-state index contributed by atoms with van der Waals surface area (Å²) in [5.74, 6) is -0.289. The van der Waals surface area contributed by atoms with Gasteiger partial charge in [-0.3, -0.25) is 4.79 Å². The van der Waals surface area contributed by atoms with Gasteiger partial charge in [-0.25, -0.2) is 0 Å². The number of carbonyl (C=O) groups is 1. The molecule has 0 bridgehead atoms. The van der Waals surface area contributed by atoms with Crippen molar-refractivity contribution in [1.82, 2.24) is 5.32 Å². The Bertz CT molecular complexity index is 219. The van der Waals surface area contributed by atoms with E-state index in [2.05, 4.69) is 5.32 Å². The summed E-state index contributed by atoms with van der Waals surface area (Å²) in [6, 6.07) is -0.0215. The molecule has 0 fully saturated rings. The van der Waals surface area contributed by atoms with Gasteiger partial charge in [-0.15, -0.1) is 0 Å². The zero-order chi connectivity index (χ0) is 13.3. The van der Waals surface area contributed by atoms with Crippen LogP contribution in [0.4, 0.5) is 13.2 Å². The van der Waals surface area contributed by atoms with Gasteiger partial charge in [0.25, 0.3) is 0 Å². The van der Waals surface area contributed by atoms with E-state index in [1.54, 1.807) is 6.92 Å². The maximum atomic E-state index is 11.9. The van der Waals surface area contributed by atoms with Crippen molar-refractivity contribution in [3.63, 3.8) is 0 Å². The fraction of sp³-hybridized carbons (Fsp3) is 0.909. The molecular formula is C11H20F3NO2. The monoisotopic (exact) mass is 255 g/mol. The Morgan fingerprint density at radius 3 is 2.59 bits per heavy atom. The van der Waals surface area contributed by atoms with Crippen LogP contribution < -0.4 is 5.32 Å². The highest BCUT2D eigenvalue weighted by atomic mass is 19.4. The van der Waals surface area contributed by atoms with Crippen molar-refractivity contribution in [2.45, 2.75) is 51.7 Å². The lowest BCUT2D eigenvalue weighted by molar-refractivity contribution is -0.143. The molecule has 0 saturated carbocycles. The number of nitrogens with one attached hydrogen (secondary N) is 1. The van der Waals surface area contributed by atoms with Gasteiger partial charge in [-0.05, 0) is 26.7 Å². The summed E-state index contributed by atoms with van der Waals surface area (Å²) < 4.78 is 40.3. The minimum atomic E-state index is -4.08. The van der Waals surface area contributed by atoms with Crippen LogP contribution in [-0.4, -0.2) is 31.3 Å². The molecule has 0 spiro atoms. The molecule has 0 saturated heterocycles. The lowest BCUT2D eigenvalue weighted by Gasteiger charge is -2.14. The minimum absolute atomic E-state index is 0.0215. The van der Waals surface area contributed by atoms with E-state index in [0.717, 1.165) is 0 Å². The first-order valence-corrected chi connectivity index (χ1v) is 5.81. The van der Waals surface area contributed by atoms with Gasteiger partial charge in [-0.1, -0.05) is 0 Å². The molecule has 17 heavy (non-hydrogen) atoms. The molecule has 0 aromatic heterocycles. The second-order valence-electron chi connectivity index (χ2n) is 3.92. The zero-order valence-corrected chi connectivity index (χ0v) is 10.3. The fourth-order valence-corrected chi connectivity index (χ4v) is 1.36. The second-order valence-corrected chi connectivity index (χ2v) is 3.92. The van der Waals surface area contributed by atoms with Crippen LogP contribution in [0.25, 0.3) is 0 Å². The average Bonchev–Trinajstić information content (AvgIpc) is 2.16. The largest absolute Gasteiger partial charge is 0.466 e. The van der Waals surface area contributed by atoms with E-state index in [-0.39, 0.29) is 24.9 Å². The van der Waals surface area contributed by atoms with E-state index in [9.17, 15) is 18.0 Å². The SMILES string of the molecule is CCOC(=O)CCNC(C)CCCC(F)(F)F. The molecule has 0 aliphatic carbocycles. The molecule has 1 N–H and O–H groups in total. The van der Waals surface area contributed by atoms with E-state index < -0.39 is 12.6 Å². The summed E-state index contributed by atoms with van der Waals surface area (Å²) in [4.78, 5) is 11.0. The maximum Gasteiger partial charge on any atom is 0.389 e. The van der Waals surface area contributed by atoms with Crippen LogP contribution in [-0.2, 0) is 9.53 Å². The van der Waals surface area contributed by atoms with Gasteiger partial charge in [-0.2, -0.15) is 13.2 Å². The number of carbonyl (C=O) groups excluding carboxylic acids is 1. The Morgan fingerprint density at radius 2 is 2.06 bits per heavy atom. The van der Waals surface area contributed by atoms with Crippen LogP contribution in [0.15, 0.2) is 0 Å². The molecule has 102 valence electrons. The first-order valence-electron chi connectivity index (χ1n) is 5.81. The summed E-state index contributed by atoms with van der Waals surface area (Å²) in [7, 11) is 0. The molecule has 1 atom stereocenters. The lowest BCUT2D eigenvalue weighted by Crippen LogP contribution is -2.29. The highest BCUT2D eigenvalue weighted by Crippen LogP contribution is 2.22. The number of hydrogen-bond acceptors (Lipinski definition) is 3. The Labute approximate surface area is 99.7 Å². The molecule has 6 heteroatoms. The predicted octanol–water partition coefficient (Wildman–Crippen LogP) is 2.65. The predicted molar refractivity (Wildman–Crippen MR) is 58.6 cm³/mol. The van der Waals surface area contributed by atoms with Crippen molar-refractivity contribution >= 4 is 5.97 Å². The molecule has 0 rings (SSSR count). The van der Waals surface area contributed by atoms with Gasteiger partial charge in [0.1, 0.15) is 0 Å². The first-order chi connectivity index (χ1) is 7.85. The normalized spacial score (nSPS) is 13.5. The van der Waals surface area contributed by atoms with Crippen LogP contribution in [0.5, 0.6) is 0 Å². The molecule has 3 nitrogen and oxygen atoms in total. The third kappa shape index (κ3) is 11.5. The van der Waals surface area contributed by atoms with Crippen molar-refractivity contribution in [1.29, 1.82) is 0 Å². The van der Waals surface area contributed by atoms with Crippen LogP contribution in [0.3, 0.4) is 0 Å². The van der Waals surface area contributed by atoms with E-state index >= 15 is 0 Å². The fourth-order valence-electron chi connectivity index (χ4n) is 1.36. The number of ether oxygens (including phenoxy) is 1. The summed E-state index contributed by atoms with van der Waals surface area (Å²) in [5, 5.41) is 2.99. The molecule has 0 aromatic carbocycles. The maximum absolute atomic E-state index is 11.9. The number of alkyl halides is 3. The Morgan fingerprint density at radius 1 is 1.41 bits per heavy atom. The van der Waals surface area contributed by atoms with Crippen LogP contribution in [0.2, 0.25) is 0 Å². The quantitative estimate of drug-likeness (QED) is 0.678. The van der Waals surface area contributed by atoms with Crippen molar-refractivity contribution in [3.8, 4) is 0 Å². The molecule has 0 radical (unpaired) electrons. The van der Waals surface area contributed by atoms with E-state index in [0.29, 0.717) is 19.6 Å². The van der Waals surface area contributed by atoms with Gasteiger partial charge < -0.3 is 10.1 Å². The standard InChI is InChI=1S/C11H20F3NO2/c1-3-17-10(16)6-8-15-9(2)5-4-7-11(12,13)14/h9,15H,3-8H2,1-2H3. The number of halogens is 3. The summed E-state index contributed by atoms with van der Waals surface area (Å²) in [5.41, 5.74) is 0. The minimum Gasteiger partial charge on any atom is -0.466 e. The molecular weight excluding hydrogens is 235 g/mol. The van der Waals surface area contributed by atoms with Gasteiger partial charge in [0.05, 0.1) is 13.0 Å². The van der Waals surface area contributed by atoms with Crippen molar-refractivity contribution in [2.75, 3.05) is 13.2 Å². The smallest absolute Gasteiger partial charge is 0.389 e. The molecule has 0 aliphatic heterocycles. The van der Waals surface area contributed by atoms with Gasteiger partial charge >= 0.3 is 12.1 Å². The molecule has 1 unspecified atom stereocenters. The van der Waals surface area contributed by atoms with Crippen molar-refractivity contribution < 1.29 is 22.7 Å². The molecule has 0 aliphatic rings. The first kappa shape index (κ1) is 16.2. The number of hydrogen-bond donors (Lipinski definition) is 1. The van der Waals surface area contributed by atoms with Crippen LogP contribution >= 0.6 is 0 Å². The topological polar surface area (TPSA) is 38.3 Å². The van der Waals surface area contributed by atoms with Gasteiger partial charge in [0.15, 0.2) is 0 Å². The average molecular weight is 255 g/mol. The summed E-state index contributed by atoms with van der Waals surface area (Å²) in [6.45, 7) is 4.32. The van der Waals surface area contributed by atoms with Crippen LogP contribution in [0, 0.1) is 0 Å². The highest BCUT2D eigenvalue weighted by molar-refractivity contribution is 5.69. The summed E-state index contributed by atoms with van der Waals surface area (Å²) in [6.07, 6.45) is -4.03. The van der Waals surface area contributed by atoms with Gasteiger partial charge in [0, 0.05) is 19.0 Å². The lowest BCUT2D eigenvalue weighted by atomic mass is 10.1. The Kier molecular flexibility index (Phi) is 7.95. The van der Waals surface area contributed by atoms with Crippen LogP contribution in [0.1, 0.15) is 39.5 Å². The Hall–Kier alpha value is -0.780. The molecule has 0 aromatic rings. The molecule has 0 heterocycles. The number of esters is 1. The molecule has 0 amide bonds. The van der Waals surface area contributed by atoms with Crippen molar-refractivity contribution in [2.24, 2.45) is 0 Å².